The minimum Gasteiger partial charge on any atom is -0.340 e. The zero-order valence-corrected chi connectivity index (χ0v) is 17.8. The molecule has 2 fully saturated rings. The first-order valence-corrected chi connectivity index (χ1v) is 10.7. The van der Waals surface area contributed by atoms with Gasteiger partial charge in [0, 0.05) is 55.0 Å². The van der Waals surface area contributed by atoms with Crippen LogP contribution in [0.3, 0.4) is 0 Å². The molecule has 0 unspecified atom stereocenters. The molecule has 0 radical (unpaired) electrons. The fraction of sp³-hybridized carbons (Fsp3) is 0.320. The van der Waals surface area contributed by atoms with Crippen molar-refractivity contribution in [1.29, 1.82) is 0 Å². The third kappa shape index (κ3) is 3.78. The van der Waals surface area contributed by atoms with E-state index in [1.54, 1.807) is 6.07 Å². The van der Waals surface area contributed by atoms with E-state index in [-0.39, 0.29) is 11.7 Å². The number of benzene rings is 2. The zero-order valence-electron chi connectivity index (χ0n) is 17.8. The van der Waals surface area contributed by atoms with E-state index in [0.29, 0.717) is 17.4 Å². The molecule has 158 valence electrons. The molecule has 2 saturated heterocycles. The van der Waals surface area contributed by atoms with E-state index in [0.717, 1.165) is 54.6 Å². The summed E-state index contributed by atoms with van der Waals surface area (Å²) in [6, 6.07) is 15.9. The van der Waals surface area contributed by atoms with Gasteiger partial charge in [-0.1, -0.05) is 30.3 Å². The number of carbonyl (C=O) groups is 1. The average Bonchev–Trinajstić information content (AvgIpc) is 3.32. The van der Waals surface area contributed by atoms with Gasteiger partial charge in [0.25, 0.3) is 5.91 Å². The van der Waals surface area contributed by atoms with Crippen molar-refractivity contribution in [3.63, 3.8) is 0 Å². The van der Waals surface area contributed by atoms with Crippen LogP contribution in [0.2, 0.25) is 0 Å². The van der Waals surface area contributed by atoms with Gasteiger partial charge in [0.05, 0.1) is 0 Å². The molecule has 3 aromatic rings. The van der Waals surface area contributed by atoms with E-state index in [1.807, 2.05) is 55.1 Å². The van der Waals surface area contributed by atoms with E-state index in [2.05, 4.69) is 14.9 Å². The molecule has 2 aliphatic rings. The lowest BCUT2D eigenvalue weighted by atomic mass is 9.99. The number of fused-ring (bicyclic) bond motifs is 1. The van der Waals surface area contributed by atoms with Crippen LogP contribution in [0.5, 0.6) is 0 Å². The molecule has 2 atom stereocenters. The van der Waals surface area contributed by atoms with Crippen molar-refractivity contribution >= 4 is 11.9 Å². The summed E-state index contributed by atoms with van der Waals surface area (Å²) in [7, 11) is 0. The van der Waals surface area contributed by atoms with Crippen LogP contribution in [0, 0.1) is 31.5 Å². The Kier molecular flexibility index (Phi) is 4.93. The van der Waals surface area contributed by atoms with Crippen LogP contribution in [0.1, 0.15) is 21.7 Å². The highest BCUT2D eigenvalue weighted by atomic mass is 19.1. The fourth-order valence-corrected chi connectivity index (χ4v) is 4.92. The number of halogens is 1. The van der Waals surface area contributed by atoms with Gasteiger partial charge in [-0.05, 0) is 49.2 Å². The molecule has 0 aliphatic carbocycles. The summed E-state index contributed by atoms with van der Waals surface area (Å²) in [5.41, 5.74) is 4.08. The number of nitrogens with zero attached hydrogens (tertiary/aromatic N) is 4. The SMILES string of the molecule is Cc1cc(C)nc(N2C[C@H]3CN(C(=O)c4ccccc4-c4cccc(F)c4)C[C@H]3C2)n1. The van der Waals surface area contributed by atoms with Crippen molar-refractivity contribution in [1.82, 2.24) is 14.9 Å². The predicted octanol–water partition coefficient (Wildman–Crippen LogP) is 4.11. The topological polar surface area (TPSA) is 49.3 Å². The van der Waals surface area contributed by atoms with E-state index in [9.17, 15) is 9.18 Å². The standard InChI is InChI=1S/C25H25FN4O/c1-16-10-17(2)28-25(27-16)30-14-19-12-29(13-20(19)15-30)24(31)23-9-4-3-8-22(23)18-6-5-7-21(26)11-18/h3-11,19-20H,12-15H2,1-2H3/t19-,20+. The van der Waals surface area contributed by atoms with Gasteiger partial charge in [0.2, 0.25) is 5.95 Å². The number of amides is 1. The molecule has 0 spiro atoms. The first-order valence-electron chi connectivity index (χ1n) is 10.7. The second-order valence-electron chi connectivity index (χ2n) is 8.64. The molecule has 3 heterocycles. The minimum atomic E-state index is -0.302. The molecule has 5 nitrogen and oxygen atoms in total. The molecule has 1 aromatic heterocycles. The first-order chi connectivity index (χ1) is 15.0. The van der Waals surface area contributed by atoms with Crippen LogP contribution in [0.25, 0.3) is 11.1 Å². The third-order valence-corrected chi connectivity index (χ3v) is 6.32. The van der Waals surface area contributed by atoms with E-state index >= 15 is 0 Å². The molecule has 6 heteroatoms. The molecular formula is C25H25FN4O. The van der Waals surface area contributed by atoms with Crippen LogP contribution in [0.4, 0.5) is 10.3 Å². The molecule has 0 N–H and O–H groups in total. The molecule has 2 aromatic carbocycles. The molecule has 2 aliphatic heterocycles. The maximum atomic E-state index is 13.8. The number of anilines is 1. The largest absolute Gasteiger partial charge is 0.340 e. The Balaban J connectivity index is 1.33. The van der Waals surface area contributed by atoms with Crippen molar-refractivity contribution in [2.75, 3.05) is 31.1 Å². The Bertz CT molecular complexity index is 1110. The van der Waals surface area contributed by atoms with Gasteiger partial charge in [0.1, 0.15) is 5.82 Å². The smallest absolute Gasteiger partial charge is 0.254 e. The summed E-state index contributed by atoms with van der Waals surface area (Å²) in [4.78, 5) is 26.8. The number of aryl methyl sites for hydroxylation is 2. The summed E-state index contributed by atoms with van der Waals surface area (Å²) >= 11 is 0. The molecular weight excluding hydrogens is 391 g/mol. The average molecular weight is 417 g/mol. The van der Waals surface area contributed by atoms with Crippen LogP contribution in [-0.2, 0) is 0 Å². The highest BCUT2D eigenvalue weighted by Gasteiger charge is 2.42. The Labute approximate surface area is 181 Å². The maximum Gasteiger partial charge on any atom is 0.254 e. The lowest BCUT2D eigenvalue weighted by molar-refractivity contribution is 0.0783. The second-order valence-corrected chi connectivity index (χ2v) is 8.64. The van der Waals surface area contributed by atoms with E-state index in [1.165, 1.54) is 12.1 Å². The zero-order chi connectivity index (χ0) is 21.5. The van der Waals surface area contributed by atoms with Gasteiger partial charge in [-0.3, -0.25) is 4.79 Å². The summed E-state index contributed by atoms with van der Waals surface area (Å²) in [6.45, 7) is 7.16. The summed E-state index contributed by atoms with van der Waals surface area (Å²) in [5.74, 6) is 1.33. The van der Waals surface area contributed by atoms with Crippen molar-refractivity contribution in [2.24, 2.45) is 11.8 Å². The highest BCUT2D eigenvalue weighted by molar-refractivity contribution is 6.01. The van der Waals surface area contributed by atoms with Crippen molar-refractivity contribution in [3.8, 4) is 11.1 Å². The Morgan fingerprint density at radius 1 is 0.903 bits per heavy atom. The first kappa shape index (κ1) is 19.7. The van der Waals surface area contributed by atoms with Crippen LogP contribution >= 0.6 is 0 Å². The predicted molar refractivity (Wildman–Crippen MR) is 118 cm³/mol. The number of rotatable bonds is 3. The summed E-state index contributed by atoms with van der Waals surface area (Å²) in [5, 5.41) is 0. The number of hydrogen-bond acceptors (Lipinski definition) is 4. The molecule has 0 bridgehead atoms. The summed E-state index contributed by atoms with van der Waals surface area (Å²) in [6.07, 6.45) is 0. The Morgan fingerprint density at radius 3 is 2.26 bits per heavy atom. The second kappa shape index (κ2) is 7.76. The van der Waals surface area contributed by atoms with Crippen molar-refractivity contribution in [2.45, 2.75) is 13.8 Å². The third-order valence-electron chi connectivity index (χ3n) is 6.32. The molecule has 0 saturated carbocycles. The minimum absolute atomic E-state index is 0.0171. The van der Waals surface area contributed by atoms with Crippen molar-refractivity contribution in [3.05, 3.63) is 77.4 Å². The number of likely N-dealkylation sites (tertiary alicyclic amines) is 1. The van der Waals surface area contributed by atoms with Gasteiger partial charge >= 0.3 is 0 Å². The maximum absolute atomic E-state index is 13.8. The molecule has 5 rings (SSSR count). The lowest BCUT2D eigenvalue weighted by Crippen LogP contribution is -2.34. The number of aromatic nitrogens is 2. The van der Waals surface area contributed by atoms with Gasteiger partial charge in [-0.25, -0.2) is 14.4 Å². The highest BCUT2D eigenvalue weighted by Crippen LogP contribution is 2.35. The fourth-order valence-electron chi connectivity index (χ4n) is 4.92. The normalized spacial score (nSPS) is 20.2. The number of hydrogen-bond donors (Lipinski definition) is 0. The lowest BCUT2D eigenvalue weighted by Gasteiger charge is -2.23. The Hall–Kier alpha value is -3.28. The van der Waals surface area contributed by atoms with Gasteiger partial charge in [-0.2, -0.15) is 0 Å². The van der Waals surface area contributed by atoms with Crippen LogP contribution in [0.15, 0.2) is 54.6 Å². The molecule has 31 heavy (non-hydrogen) atoms. The summed E-state index contributed by atoms with van der Waals surface area (Å²) < 4.78 is 13.8. The molecule has 1 amide bonds. The van der Waals surface area contributed by atoms with E-state index in [4.69, 9.17) is 0 Å². The van der Waals surface area contributed by atoms with Gasteiger partial charge in [0.15, 0.2) is 0 Å². The van der Waals surface area contributed by atoms with Gasteiger partial charge in [-0.15, -0.1) is 0 Å². The monoisotopic (exact) mass is 416 g/mol. The van der Waals surface area contributed by atoms with Crippen LogP contribution < -0.4 is 4.90 Å². The van der Waals surface area contributed by atoms with E-state index < -0.39 is 0 Å². The number of carbonyl (C=O) groups excluding carboxylic acids is 1. The Morgan fingerprint density at radius 2 is 1.58 bits per heavy atom. The van der Waals surface area contributed by atoms with Crippen LogP contribution in [-0.4, -0.2) is 47.0 Å². The van der Waals surface area contributed by atoms with Gasteiger partial charge < -0.3 is 9.80 Å². The quantitative estimate of drug-likeness (QED) is 0.645. The van der Waals surface area contributed by atoms with Crippen molar-refractivity contribution < 1.29 is 9.18 Å².